The van der Waals surface area contributed by atoms with E-state index in [1.807, 2.05) is 30.0 Å². The number of methoxy groups -OCH3 is 1. The lowest BCUT2D eigenvalue weighted by Crippen LogP contribution is -2.14. The largest absolute Gasteiger partial charge is 0.497 e. The summed E-state index contributed by atoms with van der Waals surface area (Å²) >= 11 is 4.95. The molecule has 6 nitrogen and oxygen atoms in total. The monoisotopic (exact) mass is 570 g/mol. The number of anilines is 2. The first kappa shape index (κ1) is 25.7. The minimum atomic E-state index is -0.146. The molecule has 5 aromatic rings. The molecule has 1 aliphatic heterocycles. The number of nitrogens with zero attached hydrogens (tertiary/aromatic N) is 2. The van der Waals surface area contributed by atoms with Gasteiger partial charge in [-0.25, -0.2) is 9.97 Å². The van der Waals surface area contributed by atoms with Gasteiger partial charge < -0.3 is 15.8 Å². The van der Waals surface area contributed by atoms with E-state index in [-0.39, 0.29) is 16.9 Å². The fourth-order valence-corrected chi connectivity index (χ4v) is 8.50. The van der Waals surface area contributed by atoms with Gasteiger partial charge in [-0.1, -0.05) is 78.5 Å². The highest BCUT2D eigenvalue weighted by molar-refractivity contribution is 8.00. The Morgan fingerprint density at radius 2 is 1.77 bits per heavy atom. The Bertz CT molecular complexity index is 1630. The number of rotatable bonds is 7. The number of nitrogen functional groups attached to an aromatic ring is 1. The van der Waals surface area contributed by atoms with Crippen molar-refractivity contribution in [1.82, 2.24) is 9.97 Å². The minimum Gasteiger partial charge on any atom is -0.497 e. The average molecular weight is 571 g/mol. The predicted octanol–water partition coefficient (Wildman–Crippen LogP) is 7.13. The number of ether oxygens (including phenoxy) is 1. The second-order valence-corrected chi connectivity index (χ2v) is 12.4. The summed E-state index contributed by atoms with van der Waals surface area (Å²) in [6.07, 6.45) is 0.871. The molecule has 0 bridgehead atoms. The zero-order valence-electron chi connectivity index (χ0n) is 21.2. The van der Waals surface area contributed by atoms with Crippen molar-refractivity contribution in [3.63, 3.8) is 0 Å². The number of amides is 1. The van der Waals surface area contributed by atoms with Crippen LogP contribution < -0.4 is 15.8 Å². The Kier molecular flexibility index (Phi) is 7.45. The van der Waals surface area contributed by atoms with Gasteiger partial charge in [0.2, 0.25) is 5.91 Å². The van der Waals surface area contributed by atoms with Gasteiger partial charge in [0.1, 0.15) is 16.4 Å². The Hall–Kier alpha value is -3.53. The van der Waals surface area contributed by atoms with Crippen molar-refractivity contribution in [2.24, 2.45) is 0 Å². The first-order valence-corrected chi connectivity index (χ1v) is 15.2. The zero-order valence-corrected chi connectivity index (χ0v) is 23.6. The molecule has 3 N–H and O–H groups in total. The van der Waals surface area contributed by atoms with Crippen LogP contribution in [0.2, 0.25) is 0 Å². The number of hydrogen-bond acceptors (Lipinski definition) is 8. The summed E-state index contributed by atoms with van der Waals surface area (Å²) in [7, 11) is 1.60. The fourth-order valence-electron chi connectivity index (χ4n) is 4.77. The number of thiophene rings is 1. The SMILES string of the molecule is COc1cccc(NC(=O)CSc2nc(N)c3c4c(sc3n2)[C@H](c2ccccc2)S[C@@H](c2ccccc2)C4)c1. The Morgan fingerprint density at radius 1 is 1.03 bits per heavy atom. The maximum Gasteiger partial charge on any atom is 0.234 e. The van der Waals surface area contributed by atoms with Crippen molar-refractivity contribution in [3.8, 4) is 5.75 Å². The highest BCUT2D eigenvalue weighted by atomic mass is 32.2. The van der Waals surface area contributed by atoms with Gasteiger partial charge in [0.05, 0.1) is 23.5 Å². The van der Waals surface area contributed by atoms with Gasteiger partial charge in [-0.05, 0) is 35.2 Å². The highest BCUT2D eigenvalue weighted by Crippen LogP contribution is 2.55. The number of benzene rings is 3. The van der Waals surface area contributed by atoms with E-state index in [0.717, 1.165) is 16.6 Å². The van der Waals surface area contributed by atoms with Crippen molar-refractivity contribution in [1.29, 1.82) is 0 Å². The maximum absolute atomic E-state index is 12.6. The van der Waals surface area contributed by atoms with Crippen LogP contribution in [0, 0.1) is 0 Å². The number of nitrogens with one attached hydrogen (secondary N) is 1. The molecule has 2 aromatic heterocycles. The van der Waals surface area contributed by atoms with E-state index >= 15 is 0 Å². The summed E-state index contributed by atoms with van der Waals surface area (Å²) in [4.78, 5) is 24.2. The van der Waals surface area contributed by atoms with Gasteiger partial charge in [-0.15, -0.1) is 23.1 Å². The summed E-state index contributed by atoms with van der Waals surface area (Å²) in [6, 6.07) is 28.5. The molecule has 0 spiro atoms. The molecule has 0 fully saturated rings. The van der Waals surface area contributed by atoms with E-state index in [9.17, 15) is 4.79 Å². The standard InChI is InChI=1S/C30H26N4O2S3/c1-36-21-14-8-13-20(15-21)32-24(35)17-37-30-33-28(31)25-22-16-23(18-9-4-2-5-10-18)38-26(19-11-6-3-7-12-19)27(22)39-29(25)34-30/h2-15,23,26H,16-17H2,1H3,(H,32,35)(H2,31,33,34)/t23-,26+/m1/s1. The van der Waals surface area contributed by atoms with Crippen LogP contribution in [0.15, 0.2) is 90.1 Å². The van der Waals surface area contributed by atoms with Crippen LogP contribution in [0.25, 0.3) is 10.2 Å². The molecule has 6 rings (SSSR count). The fraction of sp³-hybridized carbons (Fsp3) is 0.167. The van der Waals surface area contributed by atoms with Crippen LogP contribution in [0.1, 0.15) is 32.1 Å². The van der Waals surface area contributed by atoms with Crippen LogP contribution in [-0.2, 0) is 11.2 Å². The summed E-state index contributed by atoms with van der Waals surface area (Å²) in [5.74, 6) is 1.18. The summed E-state index contributed by atoms with van der Waals surface area (Å²) in [6.45, 7) is 0. The lowest BCUT2D eigenvalue weighted by atomic mass is 9.98. The van der Waals surface area contributed by atoms with Crippen molar-refractivity contribution >= 4 is 62.5 Å². The molecule has 0 saturated heterocycles. The van der Waals surface area contributed by atoms with E-state index in [1.165, 1.54) is 33.3 Å². The highest BCUT2D eigenvalue weighted by Gasteiger charge is 2.34. The van der Waals surface area contributed by atoms with E-state index in [0.29, 0.717) is 27.7 Å². The average Bonchev–Trinajstić information content (AvgIpc) is 3.35. The molecule has 2 atom stereocenters. The molecule has 0 radical (unpaired) electrons. The van der Waals surface area contributed by atoms with Crippen molar-refractivity contribution in [2.45, 2.75) is 22.1 Å². The van der Waals surface area contributed by atoms with Gasteiger partial charge in [-0.3, -0.25) is 4.79 Å². The Balaban J connectivity index is 1.29. The molecular formula is C30H26N4O2S3. The van der Waals surface area contributed by atoms with Crippen molar-refractivity contribution < 1.29 is 9.53 Å². The quantitative estimate of drug-likeness (QED) is 0.159. The number of fused-ring (bicyclic) bond motifs is 3. The second kappa shape index (κ2) is 11.3. The molecule has 3 heterocycles. The third-order valence-electron chi connectivity index (χ3n) is 6.58. The van der Waals surface area contributed by atoms with Crippen molar-refractivity contribution in [2.75, 3.05) is 23.9 Å². The van der Waals surface area contributed by atoms with Gasteiger partial charge >= 0.3 is 0 Å². The third-order valence-corrected chi connectivity index (χ3v) is 10.3. The van der Waals surface area contributed by atoms with Crippen LogP contribution >= 0.6 is 34.9 Å². The van der Waals surface area contributed by atoms with Crippen LogP contribution in [-0.4, -0.2) is 28.7 Å². The van der Waals surface area contributed by atoms with E-state index in [4.69, 9.17) is 15.5 Å². The van der Waals surface area contributed by atoms with E-state index in [2.05, 4.69) is 71.0 Å². The first-order valence-electron chi connectivity index (χ1n) is 12.5. The molecular weight excluding hydrogens is 545 g/mol. The Morgan fingerprint density at radius 3 is 2.51 bits per heavy atom. The number of aromatic nitrogens is 2. The number of carbonyl (C=O) groups excluding carboxylic acids is 1. The lowest BCUT2D eigenvalue weighted by molar-refractivity contribution is -0.113. The number of thioether (sulfide) groups is 2. The van der Waals surface area contributed by atoms with Crippen LogP contribution in [0.5, 0.6) is 5.75 Å². The van der Waals surface area contributed by atoms with Gasteiger partial charge in [0.15, 0.2) is 5.16 Å². The normalized spacial score (nSPS) is 16.5. The van der Waals surface area contributed by atoms with Crippen molar-refractivity contribution in [3.05, 3.63) is 106 Å². The molecule has 0 saturated carbocycles. The maximum atomic E-state index is 12.6. The topological polar surface area (TPSA) is 90.1 Å². The van der Waals surface area contributed by atoms with Gasteiger partial charge in [0.25, 0.3) is 0 Å². The van der Waals surface area contributed by atoms with Gasteiger partial charge in [0, 0.05) is 21.9 Å². The molecule has 0 aliphatic carbocycles. The van der Waals surface area contributed by atoms with Crippen LogP contribution in [0.4, 0.5) is 11.5 Å². The van der Waals surface area contributed by atoms with E-state index in [1.54, 1.807) is 24.5 Å². The summed E-state index contributed by atoms with van der Waals surface area (Å²) in [5.41, 5.74) is 11.1. The first-order chi connectivity index (χ1) is 19.1. The summed E-state index contributed by atoms with van der Waals surface area (Å²) < 4.78 is 5.23. The molecule has 39 heavy (non-hydrogen) atoms. The van der Waals surface area contributed by atoms with Gasteiger partial charge in [-0.2, -0.15) is 0 Å². The Labute approximate surface area is 239 Å². The molecule has 1 aliphatic rings. The molecule has 196 valence electrons. The lowest BCUT2D eigenvalue weighted by Gasteiger charge is -2.30. The van der Waals surface area contributed by atoms with Crippen LogP contribution in [0.3, 0.4) is 0 Å². The molecule has 0 unspecified atom stereocenters. The smallest absolute Gasteiger partial charge is 0.234 e. The number of nitrogens with two attached hydrogens (primary N) is 1. The minimum absolute atomic E-state index is 0.146. The molecule has 1 amide bonds. The molecule has 3 aromatic carbocycles. The second-order valence-electron chi connectivity index (χ2n) is 9.12. The van der Waals surface area contributed by atoms with E-state index < -0.39 is 0 Å². The summed E-state index contributed by atoms with van der Waals surface area (Å²) in [5, 5.41) is 4.83. The number of carbonyl (C=O) groups is 1. The molecule has 9 heteroatoms. The zero-order chi connectivity index (χ0) is 26.8. The predicted molar refractivity (Wildman–Crippen MR) is 163 cm³/mol. The number of hydrogen-bond donors (Lipinski definition) is 2. The third kappa shape index (κ3) is 5.48.